The molecule has 1 aromatic rings. The highest BCUT2D eigenvalue weighted by atomic mass is 35.5. The second-order valence-corrected chi connectivity index (χ2v) is 5.48. The van der Waals surface area contributed by atoms with Gasteiger partial charge in [0, 0.05) is 11.3 Å². The van der Waals surface area contributed by atoms with Gasteiger partial charge in [-0.15, -0.1) is 0 Å². The molecule has 0 amide bonds. The fourth-order valence-corrected chi connectivity index (χ4v) is 2.44. The van der Waals surface area contributed by atoms with Crippen LogP contribution >= 0.6 is 23.2 Å². The number of carboxylic acid groups (broad SMARTS) is 2. The molecule has 0 fully saturated rings. The number of rotatable bonds is 8. The first-order chi connectivity index (χ1) is 10.2. The highest BCUT2D eigenvalue weighted by Gasteiger charge is 2.35. The Morgan fingerprint density at radius 3 is 2.27 bits per heavy atom. The third-order valence-electron chi connectivity index (χ3n) is 3.16. The normalized spacial score (nSPS) is 13.4. The lowest BCUT2D eigenvalue weighted by molar-refractivity contribution is -0.527. The van der Waals surface area contributed by atoms with Crippen LogP contribution in [-0.2, 0) is 9.59 Å². The van der Waals surface area contributed by atoms with E-state index in [0.29, 0.717) is 5.56 Å². The fraction of sp³-hybridized carbons (Fsp3) is 0.385. The molecule has 0 saturated heterocycles. The highest BCUT2D eigenvalue weighted by Crippen LogP contribution is 2.32. The average Bonchev–Trinajstić information content (AvgIpc) is 2.39. The molecule has 0 aliphatic carbocycles. The molecule has 1 rings (SSSR count). The van der Waals surface area contributed by atoms with Crippen LogP contribution in [0, 0.1) is 10.1 Å². The van der Waals surface area contributed by atoms with Gasteiger partial charge in [0.25, 0.3) is 0 Å². The van der Waals surface area contributed by atoms with E-state index >= 15 is 0 Å². The molecule has 0 aromatic heterocycles. The van der Waals surface area contributed by atoms with E-state index in [4.69, 9.17) is 33.4 Å². The largest absolute Gasteiger partial charge is 0.481 e. The zero-order valence-corrected chi connectivity index (χ0v) is 12.8. The lowest BCUT2D eigenvalue weighted by atomic mass is 9.86. The van der Waals surface area contributed by atoms with Crippen LogP contribution in [-0.4, -0.2) is 33.1 Å². The molecule has 0 radical (unpaired) electrons. The van der Waals surface area contributed by atoms with Gasteiger partial charge in [-0.25, -0.2) is 0 Å². The van der Waals surface area contributed by atoms with Crippen LogP contribution in [0.5, 0.6) is 0 Å². The molecule has 0 saturated carbocycles. The van der Waals surface area contributed by atoms with Gasteiger partial charge in [-0.1, -0.05) is 29.3 Å². The van der Waals surface area contributed by atoms with Crippen molar-refractivity contribution in [1.82, 2.24) is 0 Å². The Balaban J connectivity index is 3.17. The molecule has 7 nitrogen and oxygen atoms in total. The quantitative estimate of drug-likeness (QED) is 0.549. The number of benzene rings is 1. The summed E-state index contributed by atoms with van der Waals surface area (Å²) in [5, 5.41) is 29.3. The molecule has 0 heterocycles. The van der Waals surface area contributed by atoms with Gasteiger partial charge in [0.1, 0.15) is 0 Å². The number of nitro groups is 1. The van der Waals surface area contributed by atoms with Crippen molar-refractivity contribution >= 4 is 35.1 Å². The Bertz CT molecular complexity index is 592. The lowest BCUT2D eigenvalue weighted by Gasteiger charge is -2.20. The average molecular weight is 350 g/mol. The van der Waals surface area contributed by atoms with Crippen LogP contribution in [0.25, 0.3) is 0 Å². The minimum Gasteiger partial charge on any atom is -0.481 e. The van der Waals surface area contributed by atoms with Crippen molar-refractivity contribution < 1.29 is 24.7 Å². The van der Waals surface area contributed by atoms with E-state index in [2.05, 4.69) is 0 Å². The second kappa shape index (κ2) is 7.95. The third kappa shape index (κ3) is 5.16. The Kier molecular flexibility index (Phi) is 6.58. The molecule has 2 atom stereocenters. The van der Waals surface area contributed by atoms with Crippen LogP contribution < -0.4 is 0 Å². The lowest BCUT2D eigenvalue weighted by Crippen LogP contribution is -2.30. The third-order valence-corrected chi connectivity index (χ3v) is 3.89. The molecule has 1 aromatic carbocycles. The van der Waals surface area contributed by atoms with Crippen molar-refractivity contribution in [2.75, 3.05) is 0 Å². The Morgan fingerprint density at radius 2 is 1.82 bits per heavy atom. The van der Waals surface area contributed by atoms with E-state index in [1.807, 2.05) is 0 Å². The first-order valence-corrected chi connectivity index (χ1v) is 7.00. The van der Waals surface area contributed by atoms with Crippen molar-refractivity contribution in [3.8, 4) is 0 Å². The Hall–Kier alpha value is -1.86. The van der Waals surface area contributed by atoms with Crippen LogP contribution in [0.4, 0.5) is 0 Å². The predicted octanol–water partition coefficient (Wildman–Crippen LogP) is 3.06. The van der Waals surface area contributed by atoms with Gasteiger partial charge < -0.3 is 10.2 Å². The number of hydrogen-bond acceptors (Lipinski definition) is 4. The van der Waals surface area contributed by atoms with Gasteiger partial charge in [0.15, 0.2) is 0 Å². The van der Waals surface area contributed by atoms with Crippen molar-refractivity contribution in [3.05, 3.63) is 43.9 Å². The van der Waals surface area contributed by atoms with Gasteiger partial charge in [0.05, 0.1) is 28.8 Å². The zero-order valence-electron chi connectivity index (χ0n) is 11.2. The topological polar surface area (TPSA) is 118 Å². The summed E-state index contributed by atoms with van der Waals surface area (Å²) < 4.78 is 0. The first-order valence-electron chi connectivity index (χ1n) is 6.24. The van der Waals surface area contributed by atoms with E-state index in [1.165, 1.54) is 18.2 Å². The molecular formula is C13H13Cl2NO6. The molecule has 120 valence electrons. The summed E-state index contributed by atoms with van der Waals surface area (Å²) in [4.78, 5) is 32.2. The minimum absolute atomic E-state index is 0.148. The Morgan fingerprint density at radius 1 is 1.18 bits per heavy atom. The number of carboxylic acids is 2. The number of carbonyl (C=O) groups is 2. The van der Waals surface area contributed by atoms with Crippen molar-refractivity contribution in [2.45, 2.75) is 31.2 Å². The number of aliphatic carboxylic acids is 2. The van der Waals surface area contributed by atoms with E-state index < -0.39 is 41.7 Å². The van der Waals surface area contributed by atoms with Gasteiger partial charge in [-0.2, -0.15) is 0 Å². The van der Waals surface area contributed by atoms with E-state index in [1.54, 1.807) is 0 Å². The van der Waals surface area contributed by atoms with Gasteiger partial charge in [-0.05, 0) is 17.7 Å². The number of hydrogen-bond donors (Lipinski definition) is 2. The van der Waals surface area contributed by atoms with E-state index in [-0.39, 0.29) is 16.5 Å². The molecular weight excluding hydrogens is 337 g/mol. The summed E-state index contributed by atoms with van der Waals surface area (Å²) in [6.45, 7) is 0. The van der Waals surface area contributed by atoms with Crippen molar-refractivity contribution in [3.63, 3.8) is 0 Å². The van der Waals surface area contributed by atoms with Crippen LogP contribution in [0.1, 0.15) is 30.7 Å². The van der Waals surface area contributed by atoms with Gasteiger partial charge in [0.2, 0.25) is 6.04 Å². The summed E-state index contributed by atoms with van der Waals surface area (Å²) in [6, 6.07) is 2.90. The standard InChI is InChI=1S/C13H13Cl2NO6/c14-9-2-1-7(5-10(9)15)8(6-13(19)20)11(16(21)22)3-4-12(17)18/h1-2,5,8,11H,3-4,6H2,(H,17,18)(H,19,20). The SMILES string of the molecule is O=C(O)CCC(C(CC(=O)O)c1ccc(Cl)c(Cl)c1)[N+](=O)[O-]. The predicted molar refractivity (Wildman–Crippen MR) is 79.1 cm³/mol. The summed E-state index contributed by atoms with van der Waals surface area (Å²) in [5.41, 5.74) is 0.337. The molecule has 0 aliphatic rings. The van der Waals surface area contributed by atoms with Crippen molar-refractivity contribution in [2.24, 2.45) is 0 Å². The molecule has 2 N–H and O–H groups in total. The molecule has 9 heteroatoms. The molecule has 22 heavy (non-hydrogen) atoms. The van der Waals surface area contributed by atoms with Crippen molar-refractivity contribution in [1.29, 1.82) is 0 Å². The smallest absolute Gasteiger partial charge is 0.304 e. The first kappa shape index (κ1) is 18.2. The van der Waals surface area contributed by atoms with Gasteiger partial charge in [-0.3, -0.25) is 19.7 Å². The van der Waals surface area contributed by atoms with E-state index in [9.17, 15) is 19.7 Å². The summed E-state index contributed by atoms with van der Waals surface area (Å²) in [5.74, 6) is -3.41. The fourth-order valence-electron chi connectivity index (χ4n) is 2.13. The zero-order chi connectivity index (χ0) is 16.9. The maximum atomic E-state index is 11.2. The highest BCUT2D eigenvalue weighted by molar-refractivity contribution is 6.42. The molecule has 0 aliphatic heterocycles. The van der Waals surface area contributed by atoms with Crippen LogP contribution in [0.3, 0.4) is 0 Å². The molecule has 0 spiro atoms. The summed E-state index contributed by atoms with van der Waals surface area (Å²) >= 11 is 11.6. The van der Waals surface area contributed by atoms with Gasteiger partial charge >= 0.3 is 11.9 Å². The monoisotopic (exact) mass is 349 g/mol. The Labute approximate surface area is 135 Å². The molecule has 0 bridgehead atoms. The van der Waals surface area contributed by atoms with Crippen LogP contribution in [0.2, 0.25) is 10.0 Å². The number of halogens is 2. The summed E-state index contributed by atoms with van der Waals surface area (Å²) in [7, 11) is 0. The molecule has 2 unspecified atom stereocenters. The maximum absolute atomic E-state index is 11.2. The van der Waals surface area contributed by atoms with E-state index in [0.717, 1.165) is 0 Å². The second-order valence-electron chi connectivity index (χ2n) is 4.66. The van der Waals surface area contributed by atoms with Crippen LogP contribution in [0.15, 0.2) is 18.2 Å². The number of nitrogens with zero attached hydrogens (tertiary/aromatic N) is 1. The maximum Gasteiger partial charge on any atom is 0.304 e. The summed E-state index contributed by atoms with van der Waals surface area (Å²) in [6.07, 6.45) is -1.22. The minimum atomic E-state index is -1.34.